The number of fused-ring (bicyclic) bond motifs is 1. The molecular formula is C15H20Cl2O. The summed E-state index contributed by atoms with van der Waals surface area (Å²) in [4.78, 5) is 0. The molecule has 0 saturated heterocycles. The first-order valence-electron chi connectivity index (χ1n) is 6.46. The van der Waals surface area contributed by atoms with Gasteiger partial charge in [0.05, 0.1) is 6.61 Å². The van der Waals surface area contributed by atoms with Gasteiger partial charge >= 0.3 is 0 Å². The van der Waals surface area contributed by atoms with Gasteiger partial charge in [-0.3, -0.25) is 0 Å². The van der Waals surface area contributed by atoms with Gasteiger partial charge in [-0.1, -0.05) is 32.0 Å². The summed E-state index contributed by atoms with van der Waals surface area (Å²) in [5.74, 6) is 3.12. The summed E-state index contributed by atoms with van der Waals surface area (Å²) in [7, 11) is 0. The second kappa shape index (κ2) is 5.71. The highest BCUT2D eigenvalue weighted by molar-refractivity contribution is 6.21. The monoisotopic (exact) mass is 286 g/mol. The van der Waals surface area contributed by atoms with E-state index in [2.05, 4.69) is 26.0 Å². The molecule has 100 valence electrons. The molecule has 1 aromatic carbocycles. The first-order chi connectivity index (χ1) is 8.63. The number of alkyl halides is 2. The molecule has 1 heterocycles. The van der Waals surface area contributed by atoms with E-state index in [1.165, 1.54) is 5.56 Å². The summed E-state index contributed by atoms with van der Waals surface area (Å²) in [5.41, 5.74) is 1.30. The average Bonchev–Trinajstić information content (AvgIpc) is 2.79. The van der Waals surface area contributed by atoms with Crippen molar-refractivity contribution in [2.24, 2.45) is 11.3 Å². The Hall–Kier alpha value is -0.400. The van der Waals surface area contributed by atoms with E-state index < -0.39 is 0 Å². The van der Waals surface area contributed by atoms with Gasteiger partial charge in [0.1, 0.15) is 5.75 Å². The van der Waals surface area contributed by atoms with Crippen LogP contribution in [0.5, 0.6) is 5.75 Å². The zero-order valence-electron chi connectivity index (χ0n) is 11.0. The first kappa shape index (κ1) is 14.0. The van der Waals surface area contributed by atoms with Crippen LogP contribution < -0.4 is 4.74 Å². The summed E-state index contributed by atoms with van der Waals surface area (Å²) < 4.78 is 5.74. The van der Waals surface area contributed by atoms with Gasteiger partial charge in [0.2, 0.25) is 0 Å². The van der Waals surface area contributed by atoms with E-state index in [0.29, 0.717) is 23.6 Å². The zero-order chi connectivity index (χ0) is 13.2. The molecule has 1 atom stereocenters. The van der Waals surface area contributed by atoms with E-state index >= 15 is 0 Å². The molecule has 1 aromatic rings. The van der Waals surface area contributed by atoms with Crippen molar-refractivity contribution in [3.8, 4) is 5.75 Å². The molecule has 0 saturated carbocycles. The third kappa shape index (κ3) is 2.48. The van der Waals surface area contributed by atoms with Gasteiger partial charge < -0.3 is 4.74 Å². The van der Waals surface area contributed by atoms with E-state index in [1.807, 2.05) is 12.1 Å². The minimum absolute atomic E-state index is 0.00537. The quantitative estimate of drug-likeness (QED) is 0.715. The molecule has 1 unspecified atom stereocenters. The number of rotatable bonds is 5. The Morgan fingerprint density at radius 1 is 1.28 bits per heavy atom. The Labute approximate surface area is 119 Å². The normalized spacial score (nSPS) is 18.8. The number of ether oxygens (including phenoxy) is 1. The van der Waals surface area contributed by atoms with Crippen LogP contribution in [-0.2, 0) is 0 Å². The van der Waals surface area contributed by atoms with Gasteiger partial charge in [-0.25, -0.2) is 0 Å². The van der Waals surface area contributed by atoms with Crippen molar-refractivity contribution < 1.29 is 4.74 Å². The number of hydrogen-bond donors (Lipinski definition) is 0. The highest BCUT2D eigenvalue weighted by atomic mass is 35.5. The van der Waals surface area contributed by atoms with Gasteiger partial charge in [0.15, 0.2) is 0 Å². The Bertz CT molecular complexity index is 399. The van der Waals surface area contributed by atoms with Crippen LogP contribution in [0.25, 0.3) is 0 Å². The lowest BCUT2D eigenvalue weighted by Gasteiger charge is -2.36. The minimum atomic E-state index is -0.00537. The minimum Gasteiger partial charge on any atom is -0.493 e. The second-order valence-corrected chi connectivity index (χ2v) is 6.07. The Morgan fingerprint density at radius 3 is 2.56 bits per heavy atom. The van der Waals surface area contributed by atoms with E-state index in [4.69, 9.17) is 27.9 Å². The second-order valence-electron chi connectivity index (χ2n) is 5.53. The van der Waals surface area contributed by atoms with Crippen molar-refractivity contribution in [2.45, 2.75) is 26.2 Å². The smallest absolute Gasteiger partial charge is 0.122 e. The molecule has 18 heavy (non-hydrogen) atoms. The molecule has 0 bridgehead atoms. The van der Waals surface area contributed by atoms with Gasteiger partial charge in [-0.2, -0.15) is 0 Å². The lowest BCUT2D eigenvalue weighted by atomic mass is 9.73. The summed E-state index contributed by atoms with van der Waals surface area (Å²) >= 11 is 12.4. The van der Waals surface area contributed by atoms with E-state index in [9.17, 15) is 0 Å². The van der Waals surface area contributed by atoms with Crippen LogP contribution in [0.2, 0.25) is 0 Å². The van der Waals surface area contributed by atoms with Crippen LogP contribution in [0, 0.1) is 11.3 Å². The molecule has 0 spiro atoms. The Balaban J connectivity index is 2.20. The molecular weight excluding hydrogens is 267 g/mol. The zero-order valence-corrected chi connectivity index (χ0v) is 12.5. The Morgan fingerprint density at radius 2 is 1.94 bits per heavy atom. The van der Waals surface area contributed by atoms with Crippen molar-refractivity contribution >= 4 is 23.2 Å². The third-order valence-corrected chi connectivity index (χ3v) is 5.27. The number of benzene rings is 1. The lowest BCUT2D eigenvalue weighted by molar-refractivity contribution is 0.203. The van der Waals surface area contributed by atoms with Crippen LogP contribution in [0.1, 0.15) is 31.7 Å². The molecule has 3 heteroatoms. The molecule has 0 N–H and O–H groups in total. The standard InChI is InChI=1S/C15H20Cl2O/c1-11(2)15(9-16,10-17)7-12-8-18-14-6-4-3-5-13(12)14/h3-6,11-12H,7-10H2,1-2H3. The van der Waals surface area contributed by atoms with Crippen LogP contribution >= 0.6 is 23.2 Å². The first-order valence-corrected chi connectivity index (χ1v) is 7.53. The maximum atomic E-state index is 6.20. The number of halogens is 2. The summed E-state index contributed by atoms with van der Waals surface area (Å²) in [6.45, 7) is 5.15. The fourth-order valence-corrected chi connectivity index (χ4v) is 3.70. The molecule has 0 radical (unpaired) electrons. The molecule has 0 amide bonds. The van der Waals surface area contributed by atoms with E-state index in [-0.39, 0.29) is 5.41 Å². The van der Waals surface area contributed by atoms with Crippen LogP contribution in [0.3, 0.4) is 0 Å². The van der Waals surface area contributed by atoms with Crippen LogP contribution in [0.4, 0.5) is 0 Å². The molecule has 1 nitrogen and oxygen atoms in total. The van der Waals surface area contributed by atoms with Gasteiger partial charge in [0.25, 0.3) is 0 Å². The maximum absolute atomic E-state index is 6.20. The highest BCUT2D eigenvalue weighted by Crippen LogP contribution is 2.44. The topological polar surface area (TPSA) is 9.23 Å². The summed E-state index contributed by atoms with van der Waals surface area (Å²) in [5, 5.41) is 0. The van der Waals surface area contributed by atoms with Crippen molar-refractivity contribution in [3.05, 3.63) is 29.8 Å². The largest absolute Gasteiger partial charge is 0.493 e. The van der Waals surface area contributed by atoms with Crippen LogP contribution in [0.15, 0.2) is 24.3 Å². The van der Waals surface area contributed by atoms with E-state index in [0.717, 1.165) is 18.8 Å². The molecule has 0 aromatic heterocycles. The van der Waals surface area contributed by atoms with Crippen molar-refractivity contribution in [1.82, 2.24) is 0 Å². The van der Waals surface area contributed by atoms with Crippen molar-refractivity contribution in [2.75, 3.05) is 18.4 Å². The van der Waals surface area contributed by atoms with Gasteiger partial charge in [-0.05, 0) is 18.4 Å². The number of para-hydroxylation sites is 1. The number of hydrogen-bond acceptors (Lipinski definition) is 1. The van der Waals surface area contributed by atoms with Gasteiger partial charge in [-0.15, -0.1) is 23.2 Å². The summed E-state index contributed by atoms with van der Waals surface area (Å²) in [6, 6.07) is 8.27. The van der Waals surface area contributed by atoms with E-state index in [1.54, 1.807) is 0 Å². The maximum Gasteiger partial charge on any atom is 0.122 e. The molecule has 0 fully saturated rings. The molecule has 1 aliphatic rings. The lowest BCUT2D eigenvalue weighted by Crippen LogP contribution is -2.33. The van der Waals surface area contributed by atoms with Gasteiger partial charge in [0, 0.05) is 28.7 Å². The SMILES string of the molecule is CC(C)C(CCl)(CCl)CC1COc2ccccc21. The average molecular weight is 287 g/mol. The molecule has 1 aliphatic heterocycles. The highest BCUT2D eigenvalue weighted by Gasteiger charge is 2.37. The van der Waals surface area contributed by atoms with Crippen molar-refractivity contribution in [1.29, 1.82) is 0 Å². The third-order valence-electron chi connectivity index (χ3n) is 4.21. The predicted octanol–water partition coefficient (Wildman–Crippen LogP) is 4.67. The molecule has 0 aliphatic carbocycles. The fourth-order valence-electron chi connectivity index (χ4n) is 2.58. The predicted molar refractivity (Wildman–Crippen MR) is 78.0 cm³/mol. The molecule has 2 rings (SSSR count). The summed E-state index contributed by atoms with van der Waals surface area (Å²) in [6.07, 6.45) is 0.995. The fraction of sp³-hybridized carbons (Fsp3) is 0.600. The van der Waals surface area contributed by atoms with Crippen LogP contribution in [-0.4, -0.2) is 18.4 Å². The Kier molecular flexibility index (Phi) is 4.45. The van der Waals surface area contributed by atoms with Crippen molar-refractivity contribution in [3.63, 3.8) is 0 Å².